The fourth-order valence-corrected chi connectivity index (χ4v) is 3.82. The lowest BCUT2D eigenvalue weighted by atomic mass is 10.0. The summed E-state index contributed by atoms with van der Waals surface area (Å²) in [6, 6.07) is 8.08. The minimum atomic E-state index is 0.452. The van der Waals surface area contributed by atoms with Crippen LogP contribution in [0.2, 0.25) is 0 Å². The fraction of sp³-hybridized carbons (Fsp3) is 0.240. The number of hydrogen-bond acceptors (Lipinski definition) is 7. The molecule has 0 spiro atoms. The number of fused-ring (bicyclic) bond motifs is 1. The number of rotatable bonds is 8. The van der Waals surface area contributed by atoms with Crippen LogP contribution in [0, 0.1) is 0 Å². The van der Waals surface area contributed by atoms with Crippen molar-refractivity contribution in [3.05, 3.63) is 72.8 Å². The first-order valence-electron chi connectivity index (χ1n) is 10.9. The number of methoxy groups -OCH3 is 1. The second-order valence-electron chi connectivity index (χ2n) is 8.03. The zero-order valence-corrected chi connectivity index (χ0v) is 19.3. The third-order valence-electron chi connectivity index (χ3n) is 5.53. The van der Waals surface area contributed by atoms with Crippen molar-refractivity contribution in [2.75, 3.05) is 20.3 Å². The molecule has 0 bridgehead atoms. The predicted octanol–water partition coefficient (Wildman–Crippen LogP) is 3.44. The molecule has 1 aromatic carbocycles. The molecule has 0 aliphatic carbocycles. The lowest BCUT2D eigenvalue weighted by Gasteiger charge is -2.13. The summed E-state index contributed by atoms with van der Waals surface area (Å²) >= 11 is 0. The minimum absolute atomic E-state index is 0.452. The molecule has 0 aliphatic rings. The number of aryl methyl sites for hydroxylation is 2. The van der Waals surface area contributed by atoms with E-state index in [0.29, 0.717) is 25.5 Å². The van der Waals surface area contributed by atoms with Crippen LogP contribution in [0.4, 0.5) is 0 Å². The molecule has 0 unspecified atom stereocenters. The summed E-state index contributed by atoms with van der Waals surface area (Å²) in [5.41, 5.74) is 5.57. The molecule has 4 aromatic heterocycles. The molecule has 0 fully saturated rings. The van der Waals surface area contributed by atoms with Gasteiger partial charge in [-0.2, -0.15) is 10.2 Å². The van der Waals surface area contributed by atoms with Crippen molar-refractivity contribution in [3.8, 4) is 28.1 Å². The Labute approximate surface area is 197 Å². The van der Waals surface area contributed by atoms with Crippen LogP contribution in [0.1, 0.15) is 11.4 Å². The monoisotopic (exact) mass is 455 g/mol. The molecule has 0 aliphatic heterocycles. The first-order chi connectivity index (χ1) is 16.6. The highest BCUT2D eigenvalue weighted by molar-refractivity contribution is 5.90. The van der Waals surface area contributed by atoms with Crippen molar-refractivity contribution in [1.82, 2.24) is 34.5 Å². The molecule has 9 heteroatoms. The molecule has 5 rings (SSSR count). The lowest BCUT2D eigenvalue weighted by Crippen LogP contribution is -2.07. The molecule has 0 amide bonds. The van der Waals surface area contributed by atoms with E-state index in [4.69, 9.17) is 14.5 Å². The van der Waals surface area contributed by atoms with E-state index < -0.39 is 0 Å². The van der Waals surface area contributed by atoms with Crippen molar-refractivity contribution >= 4 is 10.9 Å². The largest absolute Gasteiger partial charge is 0.491 e. The van der Waals surface area contributed by atoms with Gasteiger partial charge in [0.25, 0.3) is 0 Å². The summed E-state index contributed by atoms with van der Waals surface area (Å²) in [7, 11) is 5.45. The van der Waals surface area contributed by atoms with Gasteiger partial charge in [-0.05, 0) is 17.7 Å². The number of pyridine rings is 1. The lowest BCUT2D eigenvalue weighted by molar-refractivity contribution is 0.146. The Bertz CT molecular complexity index is 1440. The van der Waals surface area contributed by atoms with E-state index in [9.17, 15) is 0 Å². The summed E-state index contributed by atoms with van der Waals surface area (Å²) in [4.78, 5) is 14.0. The summed E-state index contributed by atoms with van der Waals surface area (Å²) in [6.45, 7) is 0.955. The van der Waals surface area contributed by atoms with Crippen LogP contribution in [-0.2, 0) is 25.3 Å². The molecular formula is C25H25N7O2. The third kappa shape index (κ3) is 4.51. The zero-order chi connectivity index (χ0) is 23.5. The number of ether oxygens (including phenoxy) is 2. The van der Waals surface area contributed by atoms with Gasteiger partial charge in [-0.3, -0.25) is 14.3 Å². The molecule has 0 saturated carbocycles. The van der Waals surface area contributed by atoms with Crippen molar-refractivity contribution < 1.29 is 9.47 Å². The van der Waals surface area contributed by atoms with Crippen LogP contribution >= 0.6 is 0 Å². The Morgan fingerprint density at radius 2 is 1.65 bits per heavy atom. The SMILES string of the molecule is COCCOc1cc(-c2cnn(C)c2)ccc1Cc1ncc2ccnc(-c3cnn(C)c3)c2n1. The average Bonchev–Trinajstić information content (AvgIpc) is 3.48. The van der Waals surface area contributed by atoms with E-state index in [1.165, 1.54) is 0 Å². The molecule has 9 nitrogen and oxygen atoms in total. The number of benzene rings is 1. The highest BCUT2D eigenvalue weighted by Crippen LogP contribution is 2.29. The van der Waals surface area contributed by atoms with E-state index in [-0.39, 0.29) is 0 Å². The summed E-state index contributed by atoms with van der Waals surface area (Å²) in [5.74, 6) is 1.47. The Morgan fingerprint density at radius 1 is 0.853 bits per heavy atom. The zero-order valence-electron chi connectivity index (χ0n) is 19.3. The van der Waals surface area contributed by atoms with Crippen LogP contribution in [0.3, 0.4) is 0 Å². The van der Waals surface area contributed by atoms with E-state index in [0.717, 1.165) is 44.6 Å². The number of nitrogens with zero attached hydrogens (tertiary/aromatic N) is 7. The quantitative estimate of drug-likeness (QED) is 0.331. The fourth-order valence-electron chi connectivity index (χ4n) is 3.82. The van der Waals surface area contributed by atoms with Crippen LogP contribution in [0.5, 0.6) is 5.75 Å². The smallest absolute Gasteiger partial charge is 0.133 e. The maximum atomic E-state index is 6.07. The summed E-state index contributed by atoms with van der Waals surface area (Å²) < 4.78 is 14.8. The molecule has 0 radical (unpaired) electrons. The Hall–Kier alpha value is -4.11. The van der Waals surface area contributed by atoms with Crippen LogP contribution in [0.15, 0.2) is 61.4 Å². The highest BCUT2D eigenvalue weighted by atomic mass is 16.5. The molecule has 4 heterocycles. The van der Waals surface area contributed by atoms with Crippen LogP contribution < -0.4 is 4.74 Å². The topological polar surface area (TPSA) is 92.8 Å². The molecule has 172 valence electrons. The van der Waals surface area contributed by atoms with Gasteiger partial charge in [-0.15, -0.1) is 0 Å². The predicted molar refractivity (Wildman–Crippen MR) is 128 cm³/mol. The van der Waals surface area contributed by atoms with Gasteiger partial charge in [0.05, 0.1) is 24.7 Å². The second-order valence-corrected chi connectivity index (χ2v) is 8.03. The van der Waals surface area contributed by atoms with Gasteiger partial charge in [0, 0.05) is 74.5 Å². The van der Waals surface area contributed by atoms with Gasteiger partial charge in [0.2, 0.25) is 0 Å². The molecule has 34 heavy (non-hydrogen) atoms. The van der Waals surface area contributed by atoms with Gasteiger partial charge in [-0.1, -0.05) is 12.1 Å². The first kappa shape index (κ1) is 21.7. The molecule has 0 atom stereocenters. The molecule has 0 saturated heterocycles. The summed E-state index contributed by atoms with van der Waals surface area (Å²) in [6.07, 6.45) is 11.7. The van der Waals surface area contributed by atoms with Gasteiger partial charge in [0.15, 0.2) is 0 Å². The molecular weight excluding hydrogens is 430 g/mol. The van der Waals surface area contributed by atoms with Crippen LogP contribution in [-0.4, -0.2) is 54.8 Å². The standard InChI is InChI=1S/C25H25N7O2/c1-31-15-20(13-28-31)17-4-5-18(22(10-17)34-9-8-33-3)11-23-27-12-19-6-7-26-24(25(19)30-23)21-14-29-32(2)16-21/h4-7,10,12-16H,8-9,11H2,1-3H3. The molecule has 5 aromatic rings. The van der Waals surface area contributed by atoms with E-state index in [2.05, 4.69) is 32.3 Å². The minimum Gasteiger partial charge on any atom is -0.491 e. The number of hydrogen-bond donors (Lipinski definition) is 0. The van der Waals surface area contributed by atoms with Crippen molar-refractivity contribution in [3.63, 3.8) is 0 Å². The first-order valence-corrected chi connectivity index (χ1v) is 10.9. The molecule has 0 N–H and O–H groups in total. The van der Waals surface area contributed by atoms with Crippen molar-refractivity contribution in [1.29, 1.82) is 0 Å². The van der Waals surface area contributed by atoms with Gasteiger partial charge < -0.3 is 9.47 Å². The summed E-state index contributed by atoms with van der Waals surface area (Å²) in [5, 5.41) is 9.48. The van der Waals surface area contributed by atoms with Crippen LogP contribution in [0.25, 0.3) is 33.3 Å². The Balaban J connectivity index is 1.50. The maximum Gasteiger partial charge on any atom is 0.133 e. The van der Waals surface area contributed by atoms with Gasteiger partial charge in [-0.25, -0.2) is 9.97 Å². The van der Waals surface area contributed by atoms with Gasteiger partial charge >= 0.3 is 0 Å². The maximum absolute atomic E-state index is 6.07. The number of aromatic nitrogens is 7. The second kappa shape index (κ2) is 9.40. The third-order valence-corrected chi connectivity index (χ3v) is 5.53. The Kier molecular flexibility index (Phi) is 6.01. The average molecular weight is 456 g/mol. The Morgan fingerprint density at radius 3 is 2.38 bits per heavy atom. The van der Waals surface area contributed by atoms with E-state index in [1.54, 1.807) is 28.9 Å². The van der Waals surface area contributed by atoms with E-state index in [1.807, 2.05) is 51.0 Å². The highest BCUT2D eigenvalue weighted by Gasteiger charge is 2.14. The van der Waals surface area contributed by atoms with Gasteiger partial charge in [0.1, 0.15) is 23.7 Å². The van der Waals surface area contributed by atoms with Crippen molar-refractivity contribution in [2.45, 2.75) is 6.42 Å². The van der Waals surface area contributed by atoms with Crippen molar-refractivity contribution in [2.24, 2.45) is 14.1 Å². The normalized spacial score (nSPS) is 11.3. The van der Waals surface area contributed by atoms with E-state index >= 15 is 0 Å².